The lowest BCUT2D eigenvalue weighted by atomic mass is 10.1. The Kier molecular flexibility index (Phi) is 4.60. The average Bonchev–Trinajstić information content (AvgIpc) is 2.54. The van der Waals surface area contributed by atoms with Crippen molar-refractivity contribution in [1.29, 1.82) is 0 Å². The summed E-state index contributed by atoms with van der Waals surface area (Å²) >= 11 is 0. The largest absolute Gasteiger partial charge is 0.410 e. The van der Waals surface area contributed by atoms with Gasteiger partial charge in [-0.2, -0.15) is 0 Å². The second kappa shape index (κ2) is 6.63. The molecule has 0 radical (unpaired) electrons. The molecule has 0 spiro atoms. The normalized spacial score (nSPS) is 25.9. The molecule has 2 atom stereocenters. The van der Waals surface area contributed by atoms with Crippen LogP contribution in [0.3, 0.4) is 0 Å². The lowest BCUT2D eigenvalue weighted by molar-refractivity contribution is 0.183. The highest BCUT2D eigenvalue weighted by Gasteiger charge is 2.38. The van der Waals surface area contributed by atoms with Crippen molar-refractivity contribution in [3.8, 4) is 0 Å². The van der Waals surface area contributed by atoms with Gasteiger partial charge in [0.15, 0.2) is 0 Å². The molecule has 0 N–H and O–H groups in total. The monoisotopic (exact) mass is 308 g/mol. The van der Waals surface area contributed by atoms with Crippen LogP contribution in [0.1, 0.15) is 30.9 Å². The van der Waals surface area contributed by atoms with E-state index in [1.807, 2.05) is 0 Å². The minimum atomic E-state index is -1.89. The Hall–Kier alpha value is -1.64. The van der Waals surface area contributed by atoms with Crippen LogP contribution in [0.2, 0.25) is 12.6 Å². The van der Waals surface area contributed by atoms with Crippen LogP contribution in [0.25, 0.3) is 11.3 Å². The Morgan fingerprint density at radius 3 is 2.32 bits per heavy atom. The molecule has 0 saturated carbocycles. The van der Waals surface area contributed by atoms with Gasteiger partial charge < -0.3 is 4.43 Å². The fraction of sp³-hybridized carbons (Fsp3) is 0.300. The van der Waals surface area contributed by atoms with Crippen LogP contribution in [0.4, 0.5) is 0 Å². The maximum atomic E-state index is 6.53. The molecular formula is C20H24OSi. The van der Waals surface area contributed by atoms with Gasteiger partial charge in [-0.3, -0.25) is 0 Å². The predicted molar refractivity (Wildman–Crippen MR) is 97.0 cm³/mol. The summed E-state index contributed by atoms with van der Waals surface area (Å²) in [7, 11) is -1.89. The third kappa shape index (κ3) is 3.40. The molecule has 1 aliphatic rings. The minimum absolute atomic E-state index is 0.383. The molecule has 2 heteroatoms. The van der Waals surface area contributed by atoms with E-state index in [1.165, 1.54) is 35.2 Å². The molecule has 1 fully saturated rings. The lowest BCUT2D eigenvalue weighted by Gasteiger charge is -2.37. The third-order valence-corrected chi connectivity index (χ3v) is 8.29. The molecule has 22 heavy (non-hydrogen) atoms. The summed E-state index contributed by atoms with van der Waals surface area (Å²) in [6, 6.07) is 22.6. The van der Waals surface area contributed by atoms with Crippen molar-refractivity contribution >= 4 is 19.6 Å². The van der Waals surface area contributed by atoms with Crippen molar-refractivity contribution < 1.29 is 4.43 Å². The van der Waals surface area contributed by atoms with E-state index < -0.39 is 8.32 Å². The first-order valence-electron chi connectivity index (χ1n) is 8.18. The van der Waals surface area contributed by atoms with Crippen LogP contribution in [0.5, 0.6) is 0 Å². The van der Waals surface area contributed by atoms with Gasteiger partial charge in [0.25, 0.3) is 0 Å². The quantitative estimate of drug-likeness (QED) is 0.534. The molecule has 0 amide bonds. The molecule has 2 aromatic rings. The van der Waals surface area contributed by atoms with Crippen molar-refractivity contribution in [3.05, 3.63) is 71.8 Å². The van der Waals surface area contributed by atoms with Gasteiger partial charge in [0.2, 0.25) is 8.32 Å². The van der Waals surface area contributed by atoms with E-state index in [2.05, 4.69) is 80.2 Å². The number of hydrogen-bond acceptors (Lipinski definition) is 1. The van der Waals surface area contributed by atoms with Gasteiger partial charge in [0.1, 0.15) is 0 Å². The maximum Gasteiger partial charge on any atom is 0.222 e. The number of hydrogen-bond donors (Lipinski definition) is 0. The van der Waals surface area contributed by atoms with E-state index in [0.29, 0.717) is 6.10 Å². The van der Waals surface area contributed by atoms with Gasteiger partial charge in [-0.15, -0.1) is 0 Å². The summed E-state index contributed by atoms with van der Waals surface area (Å²) in [5, 5.41) is 1.42. The van der Waals surface area contributed by atoms with Crippen LogP contribution in [-0.4, -0.2) is 14.4 Å². The second-order valence-corrected chi connectivity index (χ2v) is 10.1. The molecular weight excluding hydrogens is 284 g/mol. The fourth-order valence-corrected chi connectivity index (χ4v) is 7.01. The van der Waals surface area contributed by atoms with Crippen LogP contribution in [-0.2, 0) is 4.43 Å². The predicted octanol–water partition coefficient (Wildman–Crippen LogP) is 5.54. The summed E-state index contributed by atoms with van der Waals surface area (Å²) in [6.07, 6.45) is 5.20. The summed E-state index contributed by atoms with van der Waals surface area (Å²) in [4.78, 5) is 0. The topological polar surface area (TPSA) is 9.23 Å². The van der Waals surface area contributed by atoms with Crippen molar-refractivity contribution in [1.82, 2.24) is 0 Å². The Morgan fingerprint density at radius 2 is 1.68 bits per heavy atom. The zero-order valence-corrected chi connectivity index (χ0v) is 14.5. The van der Waals surface area contributed by atoms with Crippen LogP contribution < -0.4 is 0 Å². The molecule has 0 aliphatic carbocycles. The van der Waals surface area contributed by atoms with Crippen molar-refractivity contribution in [3.63, 3.8) is 0 Å². The zero-order chi connectivity index (χ0) is 15.4. The van der Waals surface area contributed by atoms with E-state index >= 15 is 0 Å². The first kappa shape index (κ1) is 15.3. The van der Waals surface area contributed by atoms with Crippen LogP contribution in [0, 0.1) is 0 Å². The summed E-state index contributed by atoms with van der Waals surface area (Å²) in [6.45, 7) is 4.60. The van der Waals surface area contributed by atoms with Crippen molar-refractivity contribution in [2.24, 2.45) is 0 Å². The van der Waals surface area contributed by atoms with Crippen LogP contribution >= 0.6 is 0 Å². The molecule has 1 heterocycles. The fourth-order valence-electron chi connectivity index (χ4n) is 3.36. The lowest BCUT2D eigenvalue weighted by Crippen LogP contribution is -2.43. The highest BCUT2D eigenvalue weighted by atomic mass is 28.4. The van der Waals surface area contributed by atoms with Gasteiger partial charge in [-0.25, -0.2) is 0 Å². The standard InChI is InChI=1S/C20H24OSi/c1-17-10-9-15-22(2,21-17)20(19-13-7-4-8-14-19)16-18-11-5-3-6-12-18/h3-8,11-14,16-17H,9-10,15H2,1-2H3. The molecule has 3 rings (SSSR count). The molecule has 0 aromatic heterocycles. The van der Waals surface area contributed by atoms with Gasteiger partial charge in [0.05, 0.1) is 0 Å². The number of rotatable bonds is 3. The summed E-state index contributed by atoms with van der Waals surface area (Å²) < 4.78 is 6.53. The first-order valence-corrected chi connectivity index (χ1v) is 10.8. The van der Waals surface area contributed by atoms with Gasteiger partial charge >= 0.3 is 0 Å². The molecule has 2 aromatic carbocycles. The number of benzene rings is 2. The van der Waals surface area contributed by atoms with Gasteiger partial charge in [0, 0.05) is 6.10 Å². The summed E-state index contributed by atoms with van der Waals surface area (Å²) in [5.41, 5.74) is 2.58. The van der Waals surface area contributed by atoms with Crippen molar-refractivity contribution in [2.45, 2.75) is 38.5 Å². The van der Waals surface area contributed by atoms with Crippen molar-refractivity contribution in [2.75, 3.05) is 0 Å². The minimum Gasteiger partial charge on any atom is -0.410 e. The Balaban J connectivity index is 2.05. The van der Waals surface area contributed by atoms with E-state index in [9.17, 15) is 0 Å². The molecule has 114 valence electrons. The highest BCUT2D eigenvalue weighted by molar-refractivity contribution is 6.91. The van der Waals surface area contributed by atoms with Gasteiger partial charge in [-0.1, -0.05) is 73.2 Å². The third-order valence-electron chi connectivity index (χ3n) is 4.49. The first-order chi connectivity index (χ1) is 10.7. The van der Waals surface area contributed by atoms with Crippen LogP contribution in [0.15, 0.2) is 60.7 Å². The van der Waals surface area contributed by atoms with E-state index in [0.717, 1.165) is 0 Å². The molecule has 0 bridgehead atoms. The molecule has 1 saturated heterocycles. The molecule has 2 unspecified atom stereocenters. The Labute approximate surface area is 134 Å². The zero-order valence-electron chi connectivity index (χ0n) is 13.5. The Morgan fingerprint density at radius 1 is 1.05 bits per heavy atom. The maximum absolute atomic E-state index is 6.53. The summed E-state index contributed by atoms with van der Waals surface area (Å²) in [5.74, 6) is 0. The van der Waals surface area contributed by atoms with E-state index in [4.69, 9.17) is 4.43 Å². The highest BCUT2D eigenvalue weighted by Crippen LogP contribution is 2.37. The van der Waals surface area contributed by atoms with E-state index in [1.54, 1.807) is 0 Å². The molecule has 1 nitrogen and oxygen atoms in total. The smallest absolute Gasteiger partial charge is 0.222 e. The van der Waals surface area contributed by atoms with E-state index in [-0.39, 0.29) is 0 Å². The SMILES string of the molecule is CC1CCC[Si](C)(C(=Cc2ccccc2)c2ccccc2)O1. The molecule has 1 aliphatic heterocycles. The Bertz CT molecular complexity index is 635. The van der Waals surface area contributed by atoms with Gasteiger partial charge in [-0.05, 0) is 42.3 Å². The second-order valence-electron chi connectivity index (χ2n) is 6.39. The average molecular weight is 308 g/mol.